The molecule has 0 aliphatic carbocycles. The molecule has 1 N–H and O–H groups in total. The zero-order valence-electron chi connectivity index (χ0n) is 43.5. The Labute approximate surface area is 440 Å². The van der Waals surface area contributed by atoms with Gasteiger partial charge in [-0.1, -0.05) is 106 Å². The fourth-order valence-corrected chi connectivity index (χ4v) is 10.4. The minimum Gasteiger partial charge on any atom is -0.467 e. The number of carbonyl (C=O) groups excluding carboxylic acids is 5. The predicted octanol–water partition coefficient (Wildman–Crippen LogP) is 6.23. The summed E-state index contributed by atoms with van der Waals surface area (Å²) in [6.07, 6.45) is -17.6. The number of alkyl carbamates (subject to hydrolysis) is 1. The normalized spacial score (nSPS) is 36.0. The number of nitrogens with zero attached hydrogens (tertiary/aromatic N) is 3. The Balaban J connectivity index is 1.15. The number of amides is 1. The summed E-state index contributed by atoms with van der Waals surface area (Å²) in [6.45, 7) is 10.2. The summed E-state index contributed by atoms with van der Waals surface area (Å²) in [5, 5.41) is 6.78. The van der Waals surface area contributed by atoms with Crippen LogP contribution in [0, 0.1) is 23.7 Å². The van der Waals surface area contributed by atoms with E-state index in [0.29, 0.717) is 12.0 Å². The van der Waals surface area contributed by atoms with Crippen molar-refractivity contribution < 1.29 is 85.6 Å². The monoisotopic (exact) mass is 1060 g/mol. The Hall–Kier alpha value is -6.04. The highest BCUT2D eigenvalue weighted by molar-refractivity contribution is 5.90. The Kier molecular flexibility index (Phi) is 18.8. The minimum absolute atomic E-state index is 0.0467. The molecule has 5 aliphatic rings. The van der Waals surface area contributed by atoms with Gasteiger partial charge in [-0.25, -0.2) is 19.2 Å². The number of ether oxygens (including phenoxy) is 13. The van der Waals surface area contributed by atoms with Gasteiger partial charge in [-0.3, -0.25) is 4.79 Å². The molecule has 0 spiro atoms. The number of rotatable bonds is 19. The summed E-state index contributed by atoms with van der Waals surface area (Å²) in [4.78, 5) is 71.1. The van der Waals surface area contributed by atoms with Crippen molar-refractivity contribution in [2.24, 2.45) is 28.8 Å². The fourth-order valence-electron chi connectivity index (χ4n) is 10.4. The summed E-state index contributed by atoms with van der Waals surface area (Å²) in [5.41, 5.74) is 10.8. The lowest BCUT2D eigenvalue weighted by Crippen LogP contribution is -2.68. The van der Waals surface area contributed by atoms with Gasteiger partial charge in [0.25, 0.3) is 0 Å². The molecule has 3 aromatic rings. The third-order valence-corrected chi connectivity index (χ3v) is 15.0. The third-order valence-electron chi connectivity index (χ3n) is 15.0. The Morgan fingerprint density at radius 3 is 1.88 bits per heavy atom. The molecule has 22 heteroatoms. The van der Waals surface area contributed by atoms with Gasteiger partial charge in [-0.2, -0.15) is 0 Å². The third kappa shape index (κ3) is 12.4. The first-order valence-electron chi connectivity index (χ1n) is 25.5. The largest absolute Gasteiger partial charge is 0.467 e. The van der Waals surface area contributed by atoms with Gasteiger partial charge in [0.1, 0.15) is 43.2 Å². The molecule has 410 valence electrons. The van der Waals surface area contributed by atoms with Crippen LogP contribution in [0.4, 0.5) is 4.79 Å². The zero-order valence-corrected chi connectivity index (χ0v) is 43.5. The van der Waals surface area contributed by atoms with Crippen molar-refractivity contribution in [3.8, 4) is 0 Å². The van der Waals surface area contributed by atoms with Gasteiger partial charge in [-0.15, -0.1) is 0 Å². The van der Waals surface area contributed by atoms with Crippen molar-refractivity contribution in [3.05, 3.63) is 118 Å². The van der Waals surface area contributed by atoms with E-state index in [1.165, 1.54) is 21.1 Å². The van der Waals surface area contributed by atoms with Crippen LogP contribution in [-0.4, -0.2) is 149 Å². The summed E-state index contributed by atoms with van der Waals surface area (Å²) in [7, 11) is 2.66. The number of nitrogens with one attached hydrogen (secondary N) is 1. The molecule has 76 heavy (non-hydrogen) atoms. The minimum atomic E-state index is -1.66. The van der Waals surface area contributed by atoms with Gasteiger partial charge in [0.2, 0.25) is 0 Å². The van der Waals surface area contributed by atoms with Crippen molar-refractivity contribution in [2.75, 3.05) is 20.8 Å². The quantitative estimate of drug-likeness (QED) is 0.0458. The maximum Gasteiger partial charge on any atom is 0.408 e. The van der Waals surface area contributed by atoms with E-state index in [-0.39, 0.29) is 35.5 Å². The number of carbonyl (C=O) groups is 5. The summed E-state index contributed by atoms with van der Waals surface area (Å²) in [5.74, 6) is -3.82. The van der Waals surface area contributed by atoms with E-state index >= 15 is 0 Å². The average Bonchev–Trinajstić information content (AvgIpc) is 3.90. The van der Waals surface area contributed by atoms with Crippen molar-refractivity contribution in [3.63, 3.8) is 0 Å². The van der Waals surface area contributed by atoms with E-state index in [2.05, 4.69) is 15.3 Å². The van der Waals surface area contributed by atoms with Crippen LogP contribution in [0.15, 0.2) is 96.1 Å². The molecular formula is C54H66N4O18. The Bertz CT molecular complexity index is 2510. The Morgan fingerprint density at radius 1 is 0.658 bits per heavy atom. The van der Waals surface area contributed by atoms with Crippen molar-refractivity contribution in [1.29, 1.82) is 0 Å². The van der Waals surface area contributed by atoms with E-state index in [4.69, 9.17) is 61.6 Å². The number of hydrogen-bond acceptors (Lipinski definition) is 19. The molecular weight excluding hydrogens is 993 g/mol. The van der Waals surface area contributed by atoms with Gasteiger partial charge in [-0.05, 0) is 66.5 Å². The molecule has 8 rings (SSSR count). The van der Waals surface area contributed by atoms with E-state index in [1.54, 1.807) is 67.6 Å². The van der Waals surface area contributed by atoms with Gasteiger partial charge in [0, 0.05) is 17.9 Å². The van der Waals surface area contributed by atoms with Crippen LogP contribution in [-0.2, 0) is 77.8 Å². The number of esters is 3. The lowest BCUT2D eigenvalue weighted by molar-refractivity contribution is -0.363. The van der Waals surface area contributed by atoms with Gasteiger partial charge in [0.15, 0.2) is 49.3 Å². The molecule has 5 saturated heterocycles. The maximum atomic E-state index is 14.4. The first-order chi connectivity index (χ1) is 36.6. The first-order valence-corrected chi connectivity index (χ1v) is 25.5. The van der Waals surface area contributed by atoms with Crippen molar-refractivity contribution in [2.45, 2.75) is 153 Å². The van der Waals surface area contributed by atoms with Crippen LogP contribution in [0.3, 0.4) is 0 Å². The topological polar surface area (TPSA) is 266 Å². The number of fused-ring (bicyclic) bond motifs is 1. The van der Waals surface area contributed by atoms with E-state index in [0.717, 1.165) is 0 Å². The number of methoxy groups -OCH3 is 2. The summed E-state index contributed by atoms with van der Waals surface area (Å²) in [6, 6.07) is 23.5. The molecule has 1 amide bonds. The lowest BCUT2D eigenvalue weighted by atomic mass is 9.79. The zero-order chi connectivity index (χ0) is 54.2. The van der Waals surface area contributed by atoms with Crippen LogP contribution in [0.1, 0.15) is 74.2 Å². The molecule has 3 aromatic carbocycles. The van der Waals surface area contributed by atoms with Crippen LogP contribution in [0.5, 0.6) is 0 Å². The highest BCUT2D eigenvalue weighted by atomic mass is 16.8. The van der Waals surface area contributed by atoms with Crippen molar-refractivity contribution in [1.82, 2.24) is 5.32 Å². The maximum absolute atomic E-state index is 14.4. The standard InChI is InChI=1S/C54H66N4O18/c1-9-35-42(74-50-29(4)27(2)28(3)40(72-50)49(62)64-7)43-38(56-54(63)76-43)52(68-35)75-45-41(31(6)59)73-53(46(70-48(61)34-23-17-12-18-24-34)44(45)66-25-32-19-13-10-14-20-32)71-39-30(5)37(57-58-55)51(65-8)69-36(39)26-67-47(60)33-21-15-11-16-22-33/h10-24,27-30,35-46,50-53H,9,25-26H2,1-8H3,(H,56,63)/t27-,28-,29?,30+,35?,36?,37?,38?,39-,40?,41?,42+,43+,44+,45-,46?,50-,51-,52-,53+/m0/s1. The molecule has 5 aliphatic heterocycles. The summed E-state index contributed by atoms with van der Waals surface area (Å²) < 4.78 is 81.9. The smallest absolute Gasteiger partial charge is 0.408 e. The average molecular weight is 1060 g/mol. The first kappa shape index (κ1) is 56.2. The van der Waals surface area contributed by atoms with Gasteiger partial charge < -0.3 is 66.9 Å². The molecule has 5 fully saturated rings. The molecule has 0 radical (unpaired) electrons. The van der Waals surface area contributed by atoms with Crippen LogP contribution < -0.4 is 5.32 Å². The van der Waals surface area contributed by atoms with E-state index < -0.39 is 141 Å². The number of azide groups is 1. The second-order valence-corrected chi connectivity index (χ2v) is 19.6. The van der Waals surface area contributed by atoms with E-state index in [1.807, 2.05) is 58.0 Å². The van der Waals surface area contributed by atoms with Gasteiger partial charge in [0.05, 0.1) is 43.1 Å². The van der Waals surface area contributed by atoms with E-state index in [9.17, 15) is 29.5 Å². The van der Waals surface area contributed by atoms with Crippen LogP contribution in [0.25, 0.3) is 10.4 Å². The highest BCUT2D eigenvalue weighted by Crippen LogP contribution is 2.42. The number of Topliss-reactive ketones (excluding diaryl/α,β-unsaturated/α-hetero) is 1. The molecule has 22 nitrogen and oxygen atoms in total. The second-order valence-electron chi connectivity index (χ2n) is 19.6. The molecule has 0 bridgehead atoms. The SMILES string of the molecule is CCC1O[C@@H](O[C@H]2C(C(C)=O)O[C@@H](O[C@@H]3C(COC(=O)c4ccccc4)O[C@H](OC)C(N=[N+]=[N-])[C@H]3C)C(OC(=O)c3ccccc3)[C@@H]2OCc2ccccc2)C2NC(=O)O[C@H]2[C@@H]1O[C@@H]1OC(C(=O)OC)[C@@H](C)[C@H](C)C1C. The van der Waals surface area contributed by atoms with Crippen molar-refractivity contribution >= 4 is 29.8 Å². The molecule has 0 saturated carbocycles. The van der Waals surface area contributed by atoms with Crippen LogP contribution in [0.2, 0.25) is 0 Å². The molecule has 20 atom stereocenters. The molecule has 0 aromatic heterocycles. The Morgan fingerprint density at radius 2 is 1.26 bits per heavy atom. The van der Waals surface area contributed by atoms with Crippen LogP contribution >= 0.6 is 0 Å². The van der Waals surface area contributed by atoms with Gasteiger partial charge >= 0.3 is 24.0 Å². The lowest BCUT2D eigenvalue weighted by Gasteiger charge is -2.50. The fraction of sp³-hybridized carbons (Fsp3) is 0.574. The summed E-state index contributed by atoms with van der Waals surface area (Å²) >= 11 is 0. The molecule has 8 unspecified atom stereocenters. The number of hydrogen-bond donors (Lipinski definition) is 1. The highest BCUT2D eigenvalue weighted by Gasteiger charge is 2.60. The second kappa shape index (κ2) is 25.4. The molecule has 5 heterocycles. The predicted molar refractivity (Wildman–Crippen MR) is 263 cm³/mol. The number of benzene rings is 3. The number of ketones is 1.